The summed E-state index contributed by atoms with van der Waals surface area (Å²) in [5, 5.41) is 3.35. The topological polar surface area (TPSA) is 57.8 Å². The first-order chi connectivity index (χ1) is 8.83. The molecule has 2 aromatic rings. The molecule has 4 heteroatoms. The molecule has 1 aromatic heterocycles. The standard InChI is InChI=1S/C14H17N3O/c18-14(6-10-2-1-5-15-8-10)11-3-4-12-13(7-11)17-9-16-12/h3-4,7,9-10,15H,1-2,5-6,8H2,(H,16,17). The van der Waals surface area contributed by atoms with E-state index in [9.17, 15) is 4.79 Å². The highest BCUT2D eigenvalue weighted by molar-refractivity contribution is 5.98. The lowest BCUT2D eigenvalue weighted by atomic mass is 9.92. The highest BCUT2D eigenvalue weighted by Gasteiger charge is 2.18. The average Bonchev–Trinajstić information content (AvgIpc) is 2.87. The summed E-state index contributed by atoms with van der Waals surface area (Å²) in [5.41, 5.74) is 2.63. The smallest absolute Gasteiger partial charge is 0.163 e. The van der Waals surface area contributed by atoms with Crippen molar-refractivity contribution in [3.63, 3.8) is 0 Å². The summed E-state index contributed by atoms with van der Waals surface area (Å²) in [6.45, 7) is 2.06. The molecule has 1 saturated heterocycles. The number of aromatic amines is 1. The van der Waals surface area contributed by atoms with Gasteiger partial charge in [-0.2, -0.15) is 0 Å². The van der Waals surface area contributed by atoms with Crippen LogP contribution in [0.5, 0.6) is 0 Å². The molecule has 0 spiro atoms. The zero-order valence-electron chi connectivity index (χ0n) is 10.3. The molecule has 1 unspecified atom stereocenters. The Kier molecular flexibility index (Phi) is 3.11. The van der Waals surface area contributed by atoms with Gasteiger partial charge in [0.05, 0.1) is 17.4 Å². The quantitative estimate of drug-likeness (QED) is 0.812. The van der Waals surface area contributed by atoms with E-state index >= 15 is 0 Å². The lowest BCUT2D eigenvalue weighted by Crippen LogP contribution is -2.31. The Bertz CT molecular complexity index is 555. The number of hydrogen-bond donors (Lipinski definition) is 2. The molecule has 0 amide bonds. The second-order valence-electron chi connectivity index (χ2n) is 4.97. The third-order valence-electron chi connectivity index (χ3n) is 3.62. The van der Waals surface area contributed by atoms with Crippen molar-refractivity contribution in [2.24, 2.45) is 5.92 Å². The number of imidazole rings is 1. The highest BCUT2D eigenvalue weighted by atomic mass is 16.1. The van der Waals surface area contributed by atoms with Gasteiger partial charge in [-0.15, -0.1) is 0 Å². The molecule has 3 rings (SSSR count). The van der Waals surface area contributed by atoms with Gasteiger partial charge in [-0.3, -0.25) is 4.79 Å². The Morgan fingerprint density at radius 3 is 3.22 bits per heavy atom. The Morgan fingerprint density at radius 1 is 1.44 bits per heavy atom. The van der Waals surface area contributed by atoms with Crippen molar-refractivity contribution < 1.29 is 4.79 Å². The maximum Gasteiger partial charge on any atom is 0.163 e. The largest absolute Gasteiger partial charge is 0.345 e. The van der Waals surface area contributed by atoms with Crippen LogP contribution in [0, 0.1) is 5.92 Å². The molecule has 18 heavy (non-hydrogen) atoms. The van der Waals surface area contributed by atoms with Crippen LogP contribution in [0.1, 0.15) is 29.6 Å². The fraction of sp³-hybridized carbons (Fsp3) is 0.429. The maximum absolute atomic E-state index is 12.2. The number of carbonyl (C=O) groups is 1. The molecule has 0 bridgehead atoms. The molecule has 0 radical (unpaired) electrons. The number of benzene rings is 1. The fourth-order valence-electron chi connectivity index (χ4n) is 2.59. The number of nitrogens with one attached hydrogen (secondary N) is 2. The minimum Gasteiger partial charge on any atom is -0.345 e. The van der Waals surface area contributed by atoms with Crippen LogP contribution >= 0.6 is 0 Å². The number of ketones is 1. The summed E-state index contributed by atoms with van der Waals surface area (Å²) >= 11 is 0. The van der Waals surface area contributed by atoms with Crippen LogP contribution in [0.25, 0.3) is 11.0 Å². The Labute approximate surface area is 106 Å². The summed E-state index contributed by atoms with van der Waals surface area (Å²) in [5.74, 6) is 0.726. The minimum absolute atomic E-state index is 0.236. The van der Waals surface area contributed by atoms with Gasteiger partial charge in [0.1, 0.15) is 0 Å². The molecule has 2 N–H and O–H groups in total. The Balaban J connectivity index is 1.74. The van der Waals surface area contributed by atoms with E-state index in [0.717, 1.165) is 36.1 Å². The predicted octanol–water partition coefficient (Wildman–Crippen LogP) is 2.14. The van der Waals surface area contributed by atoms with Crippen LogP contribution in [0.4, 0.5) is 0 Å². The Hall–Kier alpha value is -1.68. The van der Waals surface area contributed by atoms with E-state index in [2.05, 4.69) is 15.3 Å². The lowest BCUT2D eigenvalue weighted by Gasteiger charge is -2.21. The molecule has 1 atom stereocenters. The van der Waals surface area contributed by atoms with E-state index in [1.165, 1.54) is 6.42 Å². The second-order valence-corrected chi connectivity index (χ2v) is 4.97. The third-order valence-corrected chi connectivity index (χ3v) is 3.62. The van der Waals surface area contributed by atoms with Gasteiger partial charge >= 0.3 is 0 Å². The van der Waals surface area contributed by atoms with Crippen LogP contribution in [0.15, 0.2) is 24.5 Å². The van der Waals surface area contributed by atoms with Crippen molar-refractivity contribution in [2.75, 3.05) is 13.1 Å². The zero-order valence-corrected chi connectivity index (χ0v) is 10.3. The molecular weight excluding hydrogens is 226 g/mol. The van der Waals surface area contributed by atoms with Gasteiger partial charge in [-0.05, 0) is 50.0 Å². The molecule has 2 heterocycles. The first kappa shape index (κ1) is 11.4. The number of H-pyrrole nitrogens is 1. The van der Waals surface area contributed by atoms with Gasteiger partial charge in [0.25, 0.3) is 0 Å². The SMILES string of the molecule is O=C(CC1CCCNC1)c1ccc2nc[nH]c2c1. The first-order valence-electron chi connectivity index (χ1n) is 6.50. The number of rotatable bonds is 3. The number of piperidine rings is 1. The Morgan fingerprint density at radius 2 is 2.39 bits per heavy atom. The molecule has 1 aromatic carbocycles. The highest BCUT2D eigenvalue weighted by Crippen LogP contribution is 2.19. The number of aromatic nitrogens is 2. The van der Waals surface area contributed by atoms with Crippen LogP contribution in [0.3, 0.4) is 0 Å². The van der Waals surface area contributed by atoms with Crippen LogP contribution < -0.4 is 5.32 Å². The van der Waals surface area contributed by atoms with Crippen LogP contribution in [-0.2, 0) is 0 Å². The minimum atomic E-state index is 0.236. The van der Waals surface area contributed by atoms with Crippen LogP contribution in [0.2, 0.25) is 0 Å². The van der Waals surface area contributed by atoms with Crippen molar-refractivity contribution in [2.45, 2.75) is 19.3 Å². The number of carbonyl (C=O) groups excluding carboxylic acids is 1. The van der Waals surface area contributed by atoms with Gasteiger partial charge in [-0.25, -0.2) is 4.98 Å². The van der Waals surface area contributed by atoms with E-state index in [4.69, 9.17) is 0 Å². The first-order valence-corrected chi connectivity index (χ1v) is 6.50. The van der Waals surface area contributed by atoms with Gasteiger partial charge in [0.15, 0.2) is 5.78 Å². The normalized spacial score (nSPS) is 20.1. The average molecular weight is 243 g/mol. The van der Waals surface area contributed by atoms with Crippen molar-refractivity contribution in [1.29, 1.82) is 0 Å². The van der Waals surface area contributed by atoms with E-state index in [1.807, 2.05) is 18.2 Å². The summed E-state index contributed by atoms with van der Waals surface area (Å²) in [6, 6.07) is 5.68. The molecular formula is C14H17N3O. The van der Waals surface area contributed by atoms with Crippen molar-refractivity contribution in [3.05, 3.63) is 30.1 Å². The van der Waals surface area contributed by atoms with Crippen molar-refractivity contribution >= 4 is 16.8 Å². The number of fused-ring (bicyclic) bond motifs is 1. The molecule has 1 fully saturated rings. The molecule has 1 aliphatic heterocycles. The summed E-state index contributed by atoms with van der Waals surface area (Å²) < 4.78 is 0. The maximum atomic E-state index is 12.2. The zero-order chi connectivity index (χ0) is 12.4. The molecule has 0 aliphatic carbocycles. The number of Topliss-reactive ketones (excluding diaryl/α,β-unsaturated/α-hetero) is 1. The fourth-order valence-corrected chi connectivity index (χ4v) is 2.59. The van der Waals surface area contributed by atoms with Gasteiger partial charge in [0.2, 0.25) is 0 Å². The van der Waals surface area contributed by atoms with E-state index in [1.54, 1.807) is 6.33 Å². The number of hydrogen-bond acceptors (Lipinski definition) is 3. The summed E-state index contributed by atoms with van der Waals surface area (Å²) in [4.78, 5) is 19.4. The van der Waals surface area contributed by atoms with Gasteiger partial charge in [0, 0.05) is 12.0 Å². The lowest BCUT2D eigenvalue weighted by molar-refractivity contribution is 0.0954. The summed E-state index contributed by atoms with van der Waals surface area (Å²) in [7, 11) is 0. The summed E-state index contributed by atoms with van der Waals surface area (Å²) in [6.07, 6.45) is 4.64. The number of nitrogens with zero attached hydrogens (tertiary/aromatic N) is 1. The predicted molar refractivity (Wildman–Crippen MR) is 70.6 cm³/mol. The second kappa shape index (κ2) is 4.90. The van der Waals surface area contributed by atoms with E-state index < -0.39 is 0 Å². The van der Waals surface area contributed by atoms with Gasteiger partial charge in [-0.1, -0.05) is 0 Å². The van der Waals surface area contributed by atoms with E-state index in [0.29, 0.717) is 12.3 Å². The monoisotopic (exact) mass is 243 g/mol. The van der Waals surface area contributed by atoms with Crippen molar-refractivity contribution in [1.82, 2.24) is 15.3 Å². The molecule has 0 saturated carbocycles. The molecule has 4 nitrogen and oxygen atoms in total. The third kappa shape index (κ3) is 2.29. The van der Waals surface area contributed by atoms with E-state index in [-0.39, 0.29) is 5.78 Å². The van der Waals surface area contributed by atoms with Crippen LogP contribution in [-0.4, -0.2) is 28.8 Å². The van der Waals surface area contributed by atoms with Gasteiger partial charge < -0.3 is 10.3 Å². The van der Waals surface area contributed by atoms with Crippen molar-refractivity contribution in [3.8, 4) is 0 Å². The molecule has 94 valence electrons. The molecule has 1 aliphatic rings.